The summed E-state index contributed by atoms with van der Waals surface area (Å²) in [5, 5.41) is 12.7. The van der Waals surface area contributed by atoms with Crippen molar-refractivity contribution >= 4 is 35.8 Å². The van der Waals surface area contributed by atoms with Crippen LogP contribution in [0.3, 0.4) is 0 Å². The third-order valence-corrected chi connectivity index (χ3v) is 4.10. The Morgan fingerprint density at radius 3 is 2.68 bits per heavy atom. The average molecular weight is 453 g/mol. The van der Waals surface area contributed by atoms with Crippen LogP contribution in [0.2, 0.25) is 0 Å². The van der Waals surface area contributed by atoms with Crippen LogP contribution >= 0.6 is 24.0 Å². The van der Waals surface area contributed by atoms with Gasteiger partial charge < -0.3 is 16.2 Å². The Morgan fingerprint density at radius 1 is 1.24 bits per heavy atom. The molecule has 0 amide bonds. The molecule has 1 atom stereocenters. The molecule has 0 bridgehead atoms. The van der Waals surface area contributed by atoms with Crippen LogP contribution in [-0.4, -0.2) is 40.1 Å². The first-order valence-electron chi connectivity index (χ1n) is 8.16. The number of nitrogens with zero attached hydrogens (tertiary/aromatic N) is 3. The zero-order chi connectivity index (χ0) is 16.8. The molecule has 3 rings (SSSR count). The molecule has 2 heterocycles. The lowest BCUT2D eigenvalue weighted by Gasteiger charge is -2.17. The standard InChI is InChI=1S/C18H23N5O.HI/c19-18(22-17-7-3-4-9-20-17)21-11-14-5-1-2-6-15(14)12-23-10-8-16(24)13-23;/h1-7,9,16,24H,8,10-13H2,(H3,19,20,21,22);1H. The maximum Gasteiger partial charge on any atom is 0.194 e. The zero-order valence-corrected chi connectivity index (χ0v) is 16.3. The zero-order valence-electron chi connectivity index (χ0n) is 14.0. The molecular formula is C18H24IN5O. The second-order valence-electron chi connectivity index (χ2n) is 5.99. The number of nitrogens with two attached hydrogens (primary N) is 1. The SMILES string of the molecule is I.NC(=NCc1ccccc1CN1CCC(O)C1)Nc1ccccn1. The maximum atomic E-state index is 9.67. The summed E-state index contributed by atoms with van der Waals surface area (Å²) in [5.74, 6) is 1.03. The van der Waals surface area contributed by atoms with Gasteiger partial charge in [0.15, 0.2) is 5.96 Å². The fraction of sp³-hybridized carbons (Fsp3) is 0.333. The van der Waals surface area contributed by atoms with Gasteiger partial charge in [-0.15, -0.1) is 24.0 Å². The van der Waals surface area contributed by atoms with E-state index >= 15 is 0 Å². The number of pyridine rings is 1. The molecule has 1 fully saturated rings. The van der Waals surface area contributed by atoms with Gasteiger partial charge in [0.05, 0.1) is 12.6 Å². The van der Waals surface area contributed by atoms with E-state index in [0.29, 0.717) is 18.3 Å². The van der Waals surface area contributed by atoms with Crippen LogP contribution in [0.5, 0.6) is 0 Å². The van der Waals surface area contributed by atoms with Crippen LogP contribution in [0.4, 0.5) is 5.82 Å². The van der Waals surface area contributed by atoms with Gasteiger partial charge in [0.25, 0.3) is 0 Å². The van der Waals surface area contributed by atoms with Crippen LogP contribution in [0.15, 0.2) is 53.7 Å². The number of aliphatic hydroxyl groups is 1. The Balaban J connectivity index is 0.00000225. The predicted octanol–water partition coefficient (Wildman–Crippen LogP) is 2.19. The minimum absolute atomic E-state index is 0. The summed E-state index contributed by atoms with van der Waals surface area (Å²) in [5.41, 5.74) is 8.31. The molecule has 0 saturated carbocycles. The Morgan fingerprint density at radius 2 is 2.00 bits per heavy atom. The van der Waals surface area contributed by atoms with E-state index in [1.54, 1.807) is 6.20 Å². The van der Waals surface area contributed by atoms with Gasteiger partial charge >= 0.3 is 0 Å². The Hall–Kier alpha value is -1.71. The molecule has 0 aliphatic carbocycles. The second-order valence-corrected chi connectivity index (χ2v) is 5.99. The molecule has 134 valence electrons. The number of aliphatic imine (C=N–C) groups is 1. The van der Waals surface area contributed by atoms with Gasteiger partial charge in [-0.1, -0.05) is 30.3 Å². The van der Waals surface area contributed by atoms with Crippen molar-refractivity contribution in [2.75, 3.05) is 18.4 Å². The molecule has 1 aromatic carbocycles. The van der Waals surface area contributed by atoms with E-state index < -0.39 is 0 Å². The highest BCUT2D eigenvalue weighted by Gasteiger charge is 2.20. The van der Waals surface area contributed by atoms with E-state index in [0.717, 1.165) is 31.6 Å². The van der Waals surface area contributed by atoms with Gasteiger partial charge in [-0.2, -0.15) is 0 Å². The summed E-state index contributed by atoms with van der Waals surface area (Å²) in [4.78, 5) is 10.8. The molecule has 7 heteroatoms. The summed E-state index contributed by atoms with van der Waals surface area (Å²) >= 11 is 0. The summed E-state index contributed by atoms with van der Waals surface area (Å²) in [6, 6.07) is 13.8. The maximum absolute atomic E-state index is 9.67. The number of guanidine groups is 1. The van der Waals surface area contributed by atoms with Gasteiger partial charge in [0.2, 0.25) is 0 Å². The Bertz CT molecular complexity index is 695. The van der Waals surface area contributed by atoms with Crippen LogP contribution < -0.4 is 11.1 Å². The minimum Gasteiger partial charge on any atom is -0.392 e. The topological polar surface area (TPSA) is 86.8 Å². The molecule has 4 N–H and O–H groups in total. The van der Waals surface area contributed by atoms with E-state index in [4.69, 9.17) is 5.73 Å². The largest absolute Gasteiger partial charge is 0.392 e. The lowest BCUT2D eigenvalue weighted by atomic mass is 10.1. The number of benzene rings is 1. The van der Waals surface area contributed by atoms with Crippen molar-refractivity contribution < 1.29 is 5.11 Å². The van der Waals surface area contributed by atoms with Crippen LogP contribution in [-0.2, 0) is 13.1 Å². The van der Waals surface area contributed by atoms with Crippen molar-refractivity contribution in [3.8, 4) is 0 Å². The normalized spacial score (nSPS) is 18.0. The van der Waals surface area contributed by atoms with Crippen molar-refractivity contribution in [2.45, 2.75) is 25.6 Å². The summed E-state index contributed by atoms with van der Waals surface area (Å²) < 4.78 is 0. The molecule has 6 nitrogen and oxygen atoms in total. The number of rotatable bonds is 5. The van der Waals surface area contributed by atoms with Crippen molar-refractivity contribution in [1.29, 1.82) is 0 Å². The van der Waals surface area contributed by atoms with E-state index in [9.17, 15) is 5.11 Å². The summed E-state index contributed by atoms with van der Waals surface area (Å²) in [6.45, 7) is 3.01. The lowest BCUT2D eigenvalue weighted by molar-refractivity contribution is 0.174. The van der Waals surface area contributed by atoms with E-state index in [-0.39, 0.29) is 30.1 Å². The third kappa shape index (κ3) is 5.94. The van der Waals surface area contributed by atoms with Gasteiger partial charge in [-0.3, -0.25) is 4.90 Å². The average Bonchev–Trinajstić information content (AvgIpc) is 3.00. The smallest absolute Gasteiger partial charge is 0.194 e. The first-order valence-corrected chi connectivity index (χ1v) is 8.16. The first kappa shape index (κ1) is 19.6. The summed E-state index contributed by atoms with van der Waals surface area (Å²) in [6.07, 6.45) is 2.35. The molecular weight excluding hydrogens is 429 g/mol. The van der Waals surface area contributed by atoms with Gasteiger partial charge in [0, 0.05) is 25.8 Å². The number of likely N-dealkylation sites (tertiary alicyclic amines) is 1. The number of anilines is 1. The van der Waals surface area contributed by atoms with E-state index in [1.807, 2.05) is 30.3 Å². The highest BCUT2D eigenvalue weighted by atomic mass is 127. The highest BCUT2D eigenvalue weighted by molar-refractivity contribution is 14.0. The number of nitrogens with one attached hydrogen (secondary N) is 1. The quantitative estimate of drug-likeness (QED) is 0.367. The van der Waals surface area contributed by atoms with Crippen molar-refractivity contribution in [3.63, 3.8) is 0 Å². The fourth-order valence-corrected chi connectivity index (χ4v) is 2.84. The number of aromatic nitrogens is 1. The molecule has 2 aromatic rings. The number of halogens is 1. The molecule has 1 aliphatic heterocycles. The van der Waals surface area contributed by atoms with Crippen LogP contribution in [0.1, 0.15) is 17.5 Å². The summed E-state index contributed by atoms with van der Waals surface area (Å²) in [7, 11) is 0. The van der Waals surface area contributed by atoms with Gasteiger partial charge in [0.1, 0.15) is 5.82 Å². The Labute approximate surface area is 165 Å². The Kier molecular flexibility index (Phi) is 7.60. The predicted molar refractivity (Wildman–Crippen MR) is 111 cm³/mol. The number of β-amino-alcohol motifs (C(OH)–C–C–N with tert-alkyl or cyclic N) is 1. The molecule has 1 aromatic heterocycles. The number of aliphatic hydroxyl groups excluding tert-OH is 1. The van der Waals surface area contributed by atoms with Gasteiger partial charge in [-0.05, 0) is 29.7 Å². The van der Waals surface area contributed by atoms with E-state index in [2.05, 4.69) is 32.3 Å². The van der Waals surface area contributed by atoms with E-state index in [1.165, 1.54) is 5.56 Å². The molecule has 1 saturated heterocycles. The third-order valence-electron chi connectivity index (χ3n) is 4.10. The van der Waals surface area contributed by atoms with Crippen LogP contribution in [0.25, 0.3) is 0 Å². The monoisotopic (exact) mass is 453 g/mol. The lowest BCUT2D eigenvalue weighted by Crippen LogP contribution is -2.24. The molecule has 25 heavy (non-hydrogen) atoms. The molecule has 1 aliphatic rings. The molecule has 0 radical (unpaired) electrons. The minimum atomic E-state index is -0.201. The first-order chi connectivity index (χ1) is 11.7. The van der Waals surface area contributed by atoms with Crippen molar-refractivity contribution in [2.24, 2.45) is 10.7 Å². The van der Waals surface area contributed by atoms with Crippen molar-refractivity contribution in [1.82, 2.24) is 9.88 Å². The fourth-order valence-electron chi connectivity index (χ4n) is 2.84. The van der Waals surface area contributed by atoms with Crippen LogP contribution in [0, 0.1) is 0 Å². The van der Waals surface area contributed by atoms with Crippen molar-refractivity contribution in [3.05, 3.63) is 59.8 Å². The second kappa shape index (κ2) is 9.69. The van der Waals surface area contributed by atoms with Gasteiger partial charge in [-0.25, -0.2) is 9.98 Å². The molecule has 1 unspecified atom stereocenters. The molecule has 0 spiro atoms. The number of hydrogen-bond acceptors (Lipinski definition) is 4. The highest BCUT2D eigenvalue weighted by Crippen LogP contribution is 2.17. The number of hydrogen-bond donors (Lipinski definition) is 3.